The van der Waals surface area contributed by atoms with Crippen molar-refractivity contribution >= 4 is 5.91 Å². The zero-order valence-corrected chi connectivity index (χ0v) is 17.7. The average Bonchev–Trinajstić information content (AvgIpc) is 2.79. The Morgan fingerprint density at radius 3 is 2.38 bits per heavy atom. The van der Waals surface area contributed by atoms with Gasteiger partial charge in [-0.2, -0.15) is 0 Å². The van der Waals surface area contributed by atoms with Gasteiger partial charge in [0.05, 0.1) is 12.0 Å². The molecule has 1 aromatic carbocycles. The summed E-state index contributed by atoms with van der Waals surface area (Å²) in [6.07, 6.45) is 7.03. The summed E-state index contributed by atoms with van der Waals surface area (Å²) < 4.78 is 0. The predicted octanol–water partition coefficient (Wildman–Crippen LogP) is 2.39. The topological polar surface area (TPSA) is 47.0 Å². The highest BCUT2D eigenvalue weighted by molar-refractivity contribution is 5.79. The van der Waals surface area contributed by atoms with Crippen molar-refractivity contribution in [3.05, 3.63) is 35.9 Å². The van der Waals surface area contributed by atoms with Crippen LogP contribution in [-0.4, -0.2) is 83.7 Å². The smallest absolute Gasteiger partial charge is 0.226 e. The van der Waals surface area contributed by atoms with Gasteiger partial charge in [-0.15, -0.1) is 0 Å². The molecule has 1 N–H and O–H groups in total. The second-order valence-electron chi connectivity index (χ2n) is 9.20. The molecule has 3 heterocycles. The van der Waals surface area contributed by atoms with Crippen molar-refractivity contribution in [1.29, 1.82) is 0 Å². The third-order valence-corrected chi connectivity index (χ3v) is 7.21. The van der Waals surface area contributed by atoms with Crippen LogP contribution < -0.4 is 0 Å². The van der Waals surface area contributed by atoms with E-state index in [2.05, 4.69) is 40.1 Å². The molecule has 3 aliphatic heterocycles. The van der Waals surface area contributed by atoms with Gasteiger partial charge in [-0.3, -0.25) is 9.69 Å². The highest BCUT2D eigenvalue weighted by Gasteiger charge is 2.34. The molecule has 3 aliphatic rings. The molecule has 0 radical (unpaired) electrons. The van der Waals surface area contributed by atoms with Crippen LogP contribution in [0.15, 0.2) is 30.3 Å². The van der Waals surface area contributed by atoms with Crippen molar-refractivity contribution in [3.63, 3.8) is 0 Å². The minimum absolute atomic E-state index is 0.162. The van der Waals surface area contributed by atoms with Crippen LogP contribution in [0.3, 0.4) is 0 Å². The number of aliphatic hydroxyl groups is 1. The number of piperidine rings is 3. The van der Waals surface area contributed by atoms with E-state index in [1.54, 1.807) is 0 Å². The number of aliphatic hydroxyl groups excluding tert-OH is 1. The second kappa shape index (κ2) is 10.1. The molecule has 3 saturated heterocycles. The lowest BCUT2D eigenvalue weighted by Gasteiger charge is -2.43. The van der Waals surface area contributed by atoms with Crippen molar-refractivity contribution in [2.75, 3.05) is 45.8 Å². The van der Waals surface area contributed by atoms with E-state index in [4.69, 9.17) is 0 Å². The highest BCUT2D eigenvalue weighted by atomic mass is 16.3. The first-order chi connectivity index (χ1) is 14.2. The number of nitrogens with zero attached hydrogens (tertiary/aromatic N) is 3. The lowest BCUT2D eigenvalue weighted by atomic mass is 9.92. The van der Waals surface area contributed by atoms with Gasteiger partial charge in [0.25, 0.3) is 0 Å². The van der Waals surface area contributed by atoms with Crippen LogP contribution >= 0.6 is 0 Å². The Hall–Kier alpha value is -1.43. The molecule has 1 aromatic rings. The van der Waals surface area contributed by atoms with Gasteiger partial charge in [0.2, 0.25) is 5.91 Å². The summed E-state index contributed by atoms with van der Waals surface area (Å²) in [5.41, 5.74) is 1.43. The van der Waals surface area contributed by atoms with E-state index in [9.17, 15) is 9.90 Å². The van der Waals surface area contributed by atoms with Crippen LogP contribution in [0.4, 0.5) is 0 Å². The molecule has 5 heteroatoms. The Kier molecular flexibility index (Phi) is 7.22. The number of likely N-dealkylation sites (tertiary alicyclic amines) is 3. The summed E-state index contributed by atoms with van der Waals surface area (Å²) in [7, 11) is 0. The summed E-state index contributed by atoms with van der Waals surface area (Å²) >= 11 is 0. The van der Waals surface area contributed by atoms with Crippen LogP contribution in [0.5, 0.6) is 0 Å². The predicted molar refractivity (Wildman–Crippen MR) is 116 cm³/mol. The first kappa shape index (κ1) is 20.8. The SMILES string of the molecule is O=C(C1CCCN(C2CCN(CCc3ccccc3)CC2)C1)N1CCC(O)CC1. The minimum Gasteiger partial charge on any atom is -0.393 e. The zero-order chi connectivity index (χ0) is 20.1. The quantitative estimate of drug-likeness (QED) is 0.826. The van der Waals surface area contributed by atoms with Crippen molar-refractivity contribution in [1.82, 2.24) is 14.7 Å². The van der Waals surface area contributed by atoms with Gasteiger partial charge in [0, 0.05) is 32.2 Å². The highest BCUT2D eigenvalue weighted by Crippen LogP contribution is 2.26. The first-order valence-electron chi connectivity index (χ1n) is 11.7. The van der Waals surface area contributed by atoms with E-state index in [1.807, 2.05) is 4.90 Å². The zero-order valence-electron chi connectivity index (χ0n) is 17.7. The molecule has 160 valence electrons. The maximum absolute atomic E-state index is 13.0. The molecule has 1 amide bonds. The Balaban J connectivity index is 1.22. The summed E-state index contributed by atoms with van der Waals surface area (Å²) in [5, 5.41) is 9.71. The molecule has 0 bridgehead atoms. The van der Waals surface area contributed by atoms with Crippen LogP contribution in [0.2, 0.25) is 0 Å². The fourth-order valence-corrected chi connectivity index (χ4v) is 5.32. The lowest BCUT2D eigenvalue weighted by Crippen LogP contribution is -2.52. The standard InChI is InChI=1S/C24H37N3O2/c28-23-11-17-26(18-12-23)24(29)21-7-4-13-27(19-21)22-9-15-25(16-10-22)14-8-20-5-2-1-3-6-20/h1-3,5-6,21-23,28H,4,7-19H2. The molecular weight excluding hydrogens is 362 g/mol. The van der Waals surface area contributed by atoms with Crippen molar-refractivity contribution in [2.45, 2.75) is 57.1 Å². The second-order valence-corrected chi connectivity index (χ2v) is 9.20. The molecule has 3 fully saturated rings. The Morgan fingerprint density at radius 2 is 1.66 bits per heavy atom. The summed E-state index contributed by atoms with van der Waals surface area (Å²) in [6, 6.07) is 11.4. The van der Waals surface area contributed by atoms with E-state index < -0.39 is 0 Å². The van der Waals surface area contributed by atoms with E-state index in [1.165, 1.54) is 31.5 Å². The van der Waals surface area contributed by atoms with Crippen molar-refractivity contribution in [3.8, 4) is 0 Å². The van der Waals surface area contributed by atoms with Gasteiger partial charge in [-0.25, -0.2) is 0 Å². The van der Waals surface area contributed by atoms with E-state index >= 15 is 0 Å². The minimum atomic E-state index is -0.214. The molecule has 1 atom stereocenters. The maximum Gasteiger partial charge on any atom is 0.226 e. The maximum atomic E-state index is 13.0. The monoisotopic (exact) mass is 399 g/mol. The number of rotatable bonds is 5. The molecular formula is C24H37N3O2. The number of hydrogen-bond acceptors (Lipinski definition) is 4. The number of benzene rings is 1. The van der Waals surface area contributed by atoms with Gasteiger partial charge in [0.1, 0.15) is 0 Å². The Morgan fingerprint density at radius 1 is 0.931 bits per heavy atom. The van der Waals surface area contributed by atoms with Crippen LogP contribution in [-0.2, 0) is 11.2 Å². The largest absolute Gasteiger partial charge is 0.393 e. The van der Waals surface area contributed by atoms with Crippen LogP contribution in [0.25, 0.3) is 0 Å². The molecule has 5 nitrogen and oxygen atoms in total. The molecule has 0 saturated carbocycles. The van der Waals surface area contributed by atoms with Crippen molar-refractivity contribution < 1.29 is 9.90 Å². The normalized spacial score (nSPS) is 26.0. The summed E-state index contributed by atoms with van der Waals surface area (Å²) in [4.78, 5) is 20.2. The van der Waals surface area contributed by atoms with Crippen LogP contribution in [0, 0.1) is 5.92 Å². The molecule has 0 aromatic heterocycles. The first-order valence-corrected chi connectivity index (χ1v) is 11.7. The average molecular weight is 400 g/mol. The van der Waals surface area contributed by atoms with Gasteiger partial charge in [-0.05, 0) is 70.1 Å². The summed E-state index contributed by atoms with van der Waals surface area (Å²) in [5.74, 6) is 0.497. The third-order valence-electron chi connectivity index (χ3n) is 7.21. The molecule has 0 spiro atoms. The number of hydrogen-bond donors (Lipinski definition) is 1. The van der Waals surface area contributed by atoms with E-state index in [-0.39, 0.29) is 12.0 Å². The van der Waals surface area contributed by atoms with Crippen LogP contribution in [0.1, 0.15) is 44.1 Å². The van der Waals surface area contributed by atoms with Gasteiger partial charge >= 0.3 is 0 Å². The van der Waals surface area contributed by atoms with Gasteiger partial charge in [0.15, 0.2) is 0 Å². The third kappa shape index (κ3) is 5.59. The van der Waals surface area contributed by atoms with E-state index in [0.29, 0.717) is 11.9 Å². The Labute approximate surface area is 175 Å². The molecule has 1 unspecified atom stereocenters. The Bertz CT molecular complexity index is 637. The fraction of sp³-hybridized carbons (Fsp3) is 0.708. The summed E-state index contributed by atoms with van der Waals surface area (Å²) in [6.45, 7) is 7.06. The number of carbonyl (C=O) groups is 1. The number of amides is 1. The lowest BCUT2D eigenvalue weighted by molar-refractivity contribution is -0.139. The molecule has 0 aliphatic carbocycles. The van der Waals surface area contributed by atoms with E-state index in [0.717, 1.165) is 64.8 Å². The molecule has 29 heavy (non-hydrogen) atoms. The van der Waals surface area contributed by atoms with Gasteiger partial charge < -0.3 is 14.9 Å². The van der Waals surface area contributed by atoms with Gasteiger partial charge in [-0.1, -0.05) is 30.3 Å². The molecule has 4 rings (SSSR count). The number of carbonyl (C=O) groups excluding carboxylic acids is 1. The van der Waals surface area contributed by atoms with Crippen molar-refractivity contribution in [2.24, 2.45) is 5.92 Å². The fourth-order valence-electron chi connectivity index (χ4n) is 5.32.